The molecule has 0 fully saturated rings. The van der Waals surface area contributed by atoms with Gasteiger partial charge in [0.2, 0.25) is 0 Å². The highest BCUT2D eigenvalue weighted by atomic mass is 35.5. The Morgan fingerprint density at radius 1 is 1.36 bits per heavy atom. The van der Waals surface area contributed by atoms with E-state index in [-0.39, 0.29) is 29.9 Å². The molecule has 0 saturated carbocycles. The average Bonchev–Trinajstić information content (AvgIpc) is 2.79. The quantitative estimate of drug-likeness (QED) is 0.831. The van der Waals surface area contributed by atoms with Crippen molar-refractivity contribution in [3.8, 4) is 0 Å². The van der Waals surface area contributed by atoms with Crippen LogP contribution >= 0.6 is 46.9 Å². The molecule has 1 atom stereocenters. The van der Waals surface area contributed by atoms with Crippen LogP contribution in [0.15, 0.2) is 18.2 Å². The van der Waals surface area contributed by atoms with Gasteiger partial charge >= 0.3 is 0 Å². The van der Waals surface area contributed by atoms with Crippen LogP contribution < -0.4 is 11.1 Å². The van der Waals surface area contributed by atoms with Crippen LogP contribution in [-0.2, 0) is 12.8 Å². The zero-order valence-electron chi connectivity index (χ0n) is 11.4. The van der Waals surface area contributed by atoms with Gasteiger partial charge in [-0.25, -0.2) is 4.98 Å². The fourth-order valence-corrected chi connectivity index (χ4v) is 3.99. The number of amides is 1. The minimum atomic E-state index is -0.346. The lowest BCUT2D eigenvalue weighted by Crippen LogP contribution is -2.27. The number of hydrogen-bond acceptors (Lipinski definition) is 4. The summed E-state index contributed by atoms with van der Waals surface area (Å²) < 4.78 is 0. The second kappa shape index (κ2) is 7.15. The Kier molecular flexibility index (Phi) is 5.69. The third-order valence-corrected chi connectivity index (χ3v) is 5.05. The fourth-order valence-electron chi connectivity index (χ4n) is 2.33. The summed E-state index contributed by atoms with van der Waals surface area (Å²) in [5, 5.41) is 3.98. The average molecular weight is 379 g/mol. The smallest absolute Gasteiger partial charge is 0.260 e. The summed E-state index contributed by atoms with van der Waals surface area (Å²) in [6, 6.07) is 5.15. The molecule has 1 amide bonds. The maximum absolute atomic E-state index is 12.3. The first kappa shape index (κ1) is 17.5. The molecule has 1 aromatic heterocycles. The van der Waals surface area contributed by atoms with Crippen LogP contribution in [0.1, 0.15) is 27.3 Å². The number of rotatable bonds is 2. The number of thiazole rings is 1. The monoisotopic (exact) mass is 377 g/mol. The van der Waals surface area contributed by atoms with Crippen molar-refractivity contribution in [1.82, 2.24) is 4.98 Å². The molecule has 22 heavy (non-hydrogen) atoms. The van der Waals surface area contributed by atoms with Crippen molar-refractivity contribution in [2.75, 3.05) is 5.32 Å². The van der Waals surface area contributed by atoms with Crippen molar-refractivity contribution in [2.24, 2.45) is 5.73 Å². The van der Waals surface area contributed by atoms with Crippen LogP contribution in [0.3, 0.4) is 0 Å². The lowest BCUT2D eigenvalue weighted by atomic mass is 9.99. The van der Waals surface area contributed by atoms with Crippen LogP contribution in [0, 0.1) is 0 Å². The van der Waals surface area contributed by atoms with E-state index in [1.54, 1.807) is 18.2 Å². The van der Waals surface area contributed by atoms with Gasteiger partial charge in [-0.05, 0) is 31.4 Å². The molecule has 0 radical (unpaired) electrons. The highest BCUT2D eigenvalue weighted by Gasteiger charge is 2.22. The third-order valence-electron chi connectivity index (χ3n) is 3.39. The summed E-state index contributed by atoms with van der Waals surface area (Å²) in [4.78, 5) is 17.9. The summed E-state index contributed by atoms with van der Waals surface area (Å²) >= 11 is 13.5. The normalized spacial score (nSPS) is 16.6. The number of benzene rings is 1. The molecule has 3 N–H and O–H groups in total. The van der Waals surface area contributed by atoms with Gasteiger partial charge in [-0.2, -0.15) is 0 Å². The first-order chi connectivity index (χ1) is 10.0. The van der Waals surface area contributed by atoms with Gasteiger partial charge in [-0.3, -0.25) is 10.1 Å². The molecule has 1 aliphatic carbocycles. The molecule has 2 aromatic rings. The topological polar surface area (TPSA) is 68.0 Å². The zero-order chi connectivity index (χ0) is 15.0. The number of halogens is 3. The summed E-state index contributed by atoms with van der Waals surface area (Å²) in [5.74, 6) is -0.346. The lowest BCUT2D eigenvalue weighted by molar-refractivity contribution is 0.102. The standard InChI is InChI=1S/C14H13Cl2N3OS.ClH/c15-8-2-1-3-9(16)12(8)13(20)19-14-18-10-5-4-7(17)6-11(10)21-14;/h1-3,7H,4-6,17H2,(H,18,19,20);1H/t7-;/m0./s1. The highest BCUT2D eigenvalue weighted by Crippen LogP contribution is 2.31. The number of aromatic nitrogens is 1. The van der Waals surface area contributed by atoms with Crippen LogP contribution in [0.4, 0.5) is 5.13 Å². The molecular weight excluding hydrogens is 365 g/mol. The predicted molar refractivity (Wildman–Crippen MR) is 93.8 cm³/mol. The second-order valence-corrected chi connectivity index (χ2v) is 6.84. The van der Waals surface area contributed by atoms with Gasteiger partial charge in [0, 0.05) is 10.9 Å². The fraction of sp³-hybridized carbons (Fsp3) is 0.286. The van der Waals surface area contributed by atoms with E-state index in [9.17, 15) is 4.79 Å². The molecule has 0 bridgehead atoms. The van der Waals surface area contributed by atoms with E-state index < -0.39 is 0 Å². The Morgan fingerprint density at radius 3 is 2.73 bits per heavy atom. The third kappa shape index (κ3) is 3.55. The number of hydrogen-bond donors (Lipinski definition) is 2. The Labute approximate surface area is 148 Å². The SMILES string of the molecule is Cl.N[C@H]1CCc2nc(NC(=O)c3c(Cl)cccc3Cl)sc2C1. The van der Waals surface area contributed by atoms with Crippen molar-refractivity contribution in [3.63, 3.8) is 0 Å². The van der Waals surface area contributed by atoms with Gasteiger partial charge in [0.25, 0.3) is 5.91 Å². The molecule has 0 unspecified atom stereocenters. The van der Waals surface area contributed by atoms with E-state index in [2.05, 4.69) is 10.3 Å². The minimum absolute atomic E-state index is 0. The van der Waals surface area contributed by atoms with E-state index in [1.807, 2.05) is 0 Å². The maximum Gasteiger partial charge on any atom is 0.260 e. The van der Waals surface area contributed by atoms with Gasteiger partial charge in [-0.15, -0.1) is 23.7 Å². The molecule has 4 nitrogen and oxygen atoms in total. The van der Waals surface area contributed by atoms with Crippen LogP contribution in [0.25, 0.3) is 0 Å². The van der Waals surface area contributed by atoms with Crippen molar-refractivity contribution < 1.29 is 4.79 Å². The number of nitrogens with zero attached hydrogens (tertiary/aromatic N) is 1. The van der Waals surface area contributed by atoms with Gasteiger partial charge in [0.1, 0.15) is 0 Å². The number of fused-ring (bicyclic) bond motifs is 1. The second-order valence-electron chi connectivity index (χ2n) is 4.94. The largest absolute Gasteiger partial charge is 0.327 e. The number of anilines is 1. The van der Waals surface area contributed by atoms with Crippen LogP contribution in [0.2, 0.25) is 10.0 Å². The predicted octanol–water partition coefficient (Wildman–Crippen LogP) is 3.94. The molecule has 3 rings (SSSR count). The minimum Gasteiger partial charge on any atom is -0.327 e. The Morgan fingerprint density at radius 2 is 2.05 bits per heavy atom. The highest BCUT2D eigenvalue weighted by molar-refractivity contribution is 7.15. The number of aryl methyl sites for hydroxylation is 1. The van der Waals surface area contributed by atoms with Gasteiger partial charge in [-0.1, -0.05) is 29.3 Å². The molecule has 1 heterocycles. The van der Waals surface area contributed by atoms with Crippen LogP contribution in [-0.4, -0.2) is 16.9 Å². The van der Waals surface area contributed by atoms with E-state index in [1.165, 1.54) is 11.3 Å². The number of carbonyl (C=O) groups is 1. The summed E-state index contributed by atoms with van der Waals surface area (Å²) in [6.45, 7) is 0. The van der Waals surface area contributed by atoms with Gasteiger partial charge in [0.15, 0.2) is 5.13 Å². The van der Waals surface area contributed by atoms with E-state index in [0.29, 0.717) is 15.2 Å². The molecule has 0 aliphatic heterocycles. The number of nitrogens with one attached hydrogen (secondary N) is 1. The zero-order valence-corrected chi connectivity index (χ0v) is 14.6. The van der Waals surface area contributed by atoms with Crippen molar-refractivity contribution in [3.05, 3.63) is 44.4 Å². The molecule has 8 heteroatoms. The lowest BCUT2D eigenvalue weighted by Gasteiger charge is -2.15. The Balaban J connectivity index is 0.00000176. The van der Waals surface area contributed by atoms with Gasteiger partial charge in [0.05, 0.1) is 21.3 Å². The summed E-state index contributed by atoms with van der Waals surface area (Å²) in [7, 11) is 0. The van der Waals surface area contributed by atoms with E-state index >= 15 is 0 Å². The van der Waals surface area contributed by atoms with Crippen molar-refractivity contribution in [2.45, 2.75) is 25.3 Å². The van der Waals surface area contributed by atoms with Crippen molar-refractivity contribution >= 4 is 58.0 Å². The molecule has 0 spiro atoms. The first-order valence-electron chi connectivity index (χ1n) is 6.54. The first-order valence-corrected chi connectivity index (χ1v) is 8.11. The summed E-state index contributed by atoms with van der Waals surface area (Å²) in [6.07, 6.45) is 2.60. The van der Waals surface area contributed by atoms with E-state index in [4.69, 9.17) is 28.9 Å². The molecular formula is C14H14Cl3N3OS. The Bertz CT molecular complexity index is 684. The molecule has 118 valence electrons. The Hall–Kier alpha value is -0.850. The summed E-state index contributed by atoms with van der Waals surface area (Å²) in [5.41, 5.74) is 7.25. The molecule has 0 saturated heterocycles. The van der Waals surface area contributed by atoms with E-state index in [0.717, 1.165) is 29.8 Å². The van der Waals surface area contributed by atoms with Crippen LogP contribution in [0.5, 0.6) is 0 Å². The molecule has 1 aliphatic rings. The maximum atomic E-state index is 12.3. The molecule has 1 aromatic carbocycles. The number of carbonyl (C=O) groups excluding carboxylic acids is 1. The number of nitrogens with two attached hydrogens (primary N) is 1. The van der Waals surface area contributed by atoms with Crippen molar-refractivity contribution in [1.29, 1.82) is 0 Å². The van der Waals surface area contributed by atoms with Gasteiger partial charge < -0.3 is 5.73 Å².